The van der Waals surface area contributed by atoms with E-state index < -0.39 is 0 Å². The minimum atomic E-state index is 0.582. The third-order valence-electron chi connectivity index (χ3n) is 4.59. The molecule has 0 radical (unpaired) electrons. The summed E-state index contributed by atoms with van der Waals surface area (Å²) >= 11 is 0. The third kappa shape index (κ3) is 2.38. The van der Waals surface area contributed by atoms with Crippen LogP contribution < -0.4 is 0 Å². The number of aromatic nitrogens is 1. The van der Waals surface area contributed by atoms with Crippen LogP contribution in [0.25, 0.3) is 0 Å². The summed E-state index contributed by atoms with van der Waals surface area (Å²) in [4.78, 5) is 11.1. The molecule has 1 heterocycles. The smallest absolute Gasteiger partial charge is 0.151 e. The van der Waals surface area contributed by atoms with Gasteiger partial charge in [0.15, 0.2) is 6.29 Å². The Morgan fingerprint density at radius 2 is 2.00 bits per heavy atom. The van der Waals surface area contributed by atoms with Crippen LogP contribution in [0.3, 0.4) is 0 Å². The van der Waals surface area contributed by atoms with Crippen LogP contribution in [0.5, 0.6) is 0 Å². The quantitative estimate of drug-likeness (QED) is 0.720. The Kier molecular flexibility index (Phi) is 4.26. The SMILES string of the molecule is CCC(C1CCCCC1)n1c(C)cc(C=O)c1C. The Hall–Kier alpha value is -1.05. The average Bonchev–Trinajstić information content (AvgIpc) is 2.68. The van der Waals surface area contributed by atoms with E-state index in [1.807, 2.05) is 6.07 Å². The van der Waals surface area contributed by atoms with Crippen molar-refractivity contribution < 1.29 is 4.79 Å². The normalized spacial score (nSPS) is 18.8. The number of rotatable bonds is 4. The fraction of sp³-hybridized carbons (Fsp3) is 0.688. The average molecular weight is 247 g/mol. The molecular weight excluding hydrogens is 222 g/mol. The van der Waals surface area contributed by atoms with Gasteiger partial charge in [0.1, 0.15) is 0 Å². The molecule has 0 saturated heterocycles. The summed E-state index contributed by atoms with van der Waals surface area (Å²) in [5.74, 6) is 0.799. The number of hydrogen-bond donors (Lipinski definition) is 0. The van der Waals surface area contributed by atoms with Gasteiger partial charge in [0.25, 0.3) is 0 Å². The van der Waals surface area contributed by atoms with E-state index in [-0.39, 0.29) is 0 Å². The highest BCUT2D eigenvalue weighted by atomic mass is 16.1. The van der Waals surface area contributed by atoms with E-state index in [1.54, 1.807) is 0 Å². The second-order valence-corrected chi connectivity index (χ2v) is 5.69. The van der Waals surface area contributed by atoms with Gasteiger partial charge in [0, 0.05) is 23.0 Å². The molecule has 18 heavy (non-hydrogen) atoms. The van der Waals surface area contributed by atoms with Crippen molar-refractivity contribution in [3.05, 3.63) is 23.0 Å². The minimum Gasteiger partial charge on any atom is -0.345 e. The number of carbonyl (C=O) groups is 1. The van der Waals surface area contributed by atoms with E-state index in [2.05, 4.69) is 25.3 Å². The molecule has 1 unspecified atom stereocenters. The lowest BCUT2D eigenvalue weighted by Gasteiger charge is -2.32. The fourth-order valence-corrected chi connectivity index (χ4v) is 3.68. The summed E-state index contributed by atoms with van der Waals surface area (Å²) in [6.45, 7) is 6.49. The van der Waals surface area contributed by atoms with Crippen LogP contribution in [0.4, 0.5) is 0 Å². The van der Waals surface area contributed by atoms with Crippen molar-refractivity contribution in [1.29, 1.82) is 0 Å². The maximum absolute atomic E-state index is 11.1. The first kappa shape index (κ1) is 13.4. The minimum absolute atomic E-state index is 0.582. The molecule has 1 aromatic heterocycles. The van der Waals surface area contributed by atoms with Crippen molar-refractivity contribution in [2.24, 2.45) is 5.92 Å². The van der Waals surface area contributed by atoms with Gasteiger partial charge in [0.2, 0.25) is 0 Å². The van der Waals surface area contributed by atoms with Crippen LogP contribution in [0.1, 0.15) is 73.2 Å². The molecule has 2 heteroatoms. The second-order valence-electron chi connectivity index (χ2n) is 5.69. The first-order valence-corrected chi connectivity index (χ1v) is 7.32. The summed E-state index contributed by atoms with van der Waals surface area (Å²) in [5.41, 5.74) is 3.26. The second kappa shape index (κ2) is 5.73. The number of aryl methyl sites for hydroxylation is 1. The lowest BCUT2D eigenvalue weighted by Crippen LogP contribution is -2.23. The van der Waals surface area contributed by atoms with Gasteiger partial charge in [-0.1, -0.05) is 26.2 Å². The molecule has 1 atom stereocenters. The summed E-state index contributed by atoms with van der Waals surface area (Å²) in [5, 5.41) is 0. The van der Waals surface area contributed by atoms with Gasteiger partial charge in [-0.3, -0.25) is 4.79 Å². The van der Waals surface area contributed by atoms with Crippen molar-refractivity contribution in [3.63, 3.8) is 0 Å². The van der Waals surface area contributed by atoms with E-state index in [0.29, 0.717) is 6.04 Å². The molecule has 1 aliphatic rings. The van der Waals surface area contributed by atoms with Crippen molar-refractivity contribution in [3.8, 4) is 0 Å². The summed E-state index contributed by atoms with van der Waals surface area (Å²) in [6.07, 6.45) is 9.02. The van der Waals surface area contributed by atoms with Gasteiger partial charge < -0.3 is 4.57 Å². The number of nitrogens with zero attached hydrogens (tertiary/aromatic N) is 1. The number of hydrogen-bond acceptors (Lipinski definition) is 1. The van der Waals surface area contributed by atoms with Crippen LogP contribution in [-0.4, -0.2) is 10.9 Å². The highest BCUT2D eigenvalue weighted by Crippen LogP contribution is 2.36. The van der Waals surface area contributed by atoms with Crippen LogP contribution in [0.15, 0.2) is 6.07 Å². The molecule has 1 aromatic rings. The zero-order chi connectivity index (χ0) is 13.1. The molecule has 0 spiro atoms. The molecular formula is C16H25NO. The molecule has 1 fully saturated rings. The molecule has 2 rings (SSSR count). The van der Waals surface area contributed by atoms with Gasteiger partial charge in [-0.05, 0) is 45.1 Å². The molecule has 1 saturated carbocycles. The predicted octanol–water partition coefficient (Wildman–Crippen LogP) is 4.45. The van der Waals surface area contributed by atoms with Gasteiger partial charge in [-0.2, -0.15) is 0 Å². The number of carbonyl (C=O) groups excluding carboxylic acids is 1. The van der Waals surface area contributed by atoms with Crippen molar-refractivity contribution in [2.75, 3.05) is 0 Å². The van der Waals surface area contributed by atoms with E-state index in [0.717, 1.165) is 23.5 Å². The Bertz CT molecular complexity index is 413. The topological polar surface area (TPSA) is 22.0 Å². The lowest BCUT2D eigenvalue weighted by molar-refractivity contribution is 0.112. The Labute approximate surface area is 110 Å². The lowest BCUT2D eigenvalue weighted by atomic mass is 9.82. The van der Waals surface area contributed by atoms with Crippen LogP contribution in [-0.2, 0) is 0 Å². The largest absolute Gasteiger partial charge is 0.345 e. The van der Waals surface area contributed by atoms with E-state index in [1.165, 1.54) is 44.2 Å². The highest BCUT2D eigenvalue weighted by molar-refractivity contribution is 5.77. The summed E-state index contributed by atoms with van der Waals surface area (Å²) < 4.78 is 2.42. The molecule has 0 aromatic carbocycles. The third-order valence-corrected chi connectivity index (χ3v) is 4.59. The van der Waals surface area contributed by atoms with Crippen molar-refractivity contribution in [2.45, 2.75) is 65.3 Å². The van der Waals surface area contributed by atoms with Crippen LogP contribution in [0.2, 0.25) is 0 Å². The standard InChI is InChI=1S/C16H25NO/c1-4-16(14-8-6-5-7-9-14)17-12(2)10-15(11-18)13(17)3/h10-11,14,16H,4-9H2,1-3H3. The van der Waals surface area contributed by atoms with Gasteiger partial charge in [-0.25, -0.2) is 0 Å². The highest BCUT2D eigenvalue weighted by Gasteiger charge is 2.26. The zero-order valence-electron chi connectivity index (χ0n) is 11.9. The van der Waals surface area contributed by atoms with Gasteiger partial charge in [0.05, 0.1) is 0 Å². The number of aldehydes is 1. The first-order valence-electron chi connectivity index (χ1n) is 7.32. The predicted molar refractivity (Wildman–Crippen MR) is 75.2 cm³/mol. The van der Waals surface area contributed by atoms with Crippen LogP contribution in [0, 0.1) is 19.8 Å². The van der Waals surface area contributed by atoms with E-state index >= 15 is 0 Å². The molecule has 0 aliphatic heterocycles. The van der Waals surface area contributed by atoms with Gasteiger partial charge >= 0.3 is 0 Å². The van der Waals surface area contributed by atoms with Crippen molar-refractivity contribution in [1.82, 2.24) is 4.57 Å². The maximum atomic E-state index is 11.1. The molecule has 2 nitrogen and oxygen atoms in total. The van der Waals surface area contributed by atoms with Crippen LogP contribution >= 0.6 is 0 Å². The molecule has 100 valence electrons. The summed E-state index contributed by atoms with van der Waals surface area (Å²) in [6, 6.07) is 2.62. The maximum Gasteiger partial charge on any atom is 0.151 e. The Morgan fingerprint density at radius 1 is 1.33 bits per heavy atom. The summed E-state index contributed by atoms with van der Waals surface area (Å²) in [7, 11) is 0. The van der Waals surface area contributed by atoms with Gasteiger partial charge in [-0.15, -0.1) is 0 Å². The molecule has 1 aliphatic carbocycles. The Morgan fingerprint density at radius 3 is 2.50 bits per heavy atom. The van der Waals surface area contributed by atoms with E-state index in [4.69, 9.17) is 0 Å². The monoisotopic (exact) mass is 247 g/mol. The Balaban J connectivity index is 2.31. The molecule has 0 N–H and O–H groups in total. The van der Waals surface area contributed by atoms with Crippen molar-refractivity contribution >= 4 is 6.29 Å². The van der Waals surface area contributed by atoms with E-state index in [9.17, 15) is 4.79 Å². The molecule has 0 bridgehead atoms. The zero-order valence-corrected chi connectivity index (χ0v) is 11.9. The molecule has 0 amide bonds. The fourth-order valence-electron chi connectivity index (χ4n) is 3.68. The first-order chi connectivity index (χ1) is 8.69.